The summed E-state index contributed by atoms with van der Waals surface area (Å²) in [6.45, 7) is 3.87. The summed E-state index contributed by atoms with van der Waals surface area (Å²) in [6.07, 6.45) is 3.74. The van der Waals surface area contributed by atoms with Gasteiger partial charge in [0.05, 0.1) is 5.69 Å². The summed E-state index contributed by atoms with van der Waals surface area (Å²) < 4.78 is 0. The molecular weight excluding hydrogens is 218 g/mol. The Balaban J connectivity index is 0.00000128. The van der Waals surface area contributed by atoms with Gasteiger partial charge in [-0.1, -0.05) is 42.5 Å². The van der Waals surface area contributed by atoms with E-state index in [1.165, 1.54) is 5.56 Å². The van der Waals surface area contributed by atoms with E-state index >= 15 is 0 Å². The van der Waals surface area contributed by atoms with Crippen LogP contribution in [0.3, 0.4) is 0 Å². The fraction of sp³-hybridized carbons (Fsp3) is 0.0714. The van der Waals surface area contributed by atoms with Gasteiger partial charge in [-0.3, -0.25) is 4.98 Å². The van der Waals surface area contributed by atoms with Gasteiger partial charge >= 0.3 is 0 Å². The Morgan fingerprint density at radius 1 is 1.00 bits per heavy atom. The van der Waals surface area contributed by atoms with E-state index in [2.05, 4.69) is 23.7 Å². The molecule has 0 N–H and O–H groups in total. The van der Waals surface area contributed by atoms with Crippen molar-refractivity contribution < 1.29 is 0 Å². The summed E-state index contributed by atoms with van der Waals surface area (Å²) in [5.41, 5.74) is 2.27. The lowest BCUT2D eigenvalue weighted by Gasteiger charge is -2.11. The zero-order valence-corrected chi connectivity index (χ0v) is 9.73. The van der Waals surface area contributed by atoms with Crippen LogP contribution < -0.4 is 0 Å². The summed E-state index contributed by atoms with van der Waals surface area (Å²) >= 11 is 0. The number of halogens is 1. The number of aromatic nitrogens is 1. The highest BCUT2D eigenvalue weighted by Crippen LogP contribution is 2.23. The van der Waals surface area contributed by atoms with Gasteiger partial charge in [-0.15, -0.1) is 19.0 Å². The van der Waals surface area contributed by atoms with Crippen LogP contribution >= 0.6 is 12.4 Å². The molecule has 0 aliphatic heterocycles. The highest BCUT2D eigenvalue weighted by Gasteiger charge is 2.09. The van der Waals surface area contributed by atoms with Gasteiger partial charge in [-0.2, -0.15) is 0 Å². The first-order valence-corrected chi connectivity index (χ1v) is 5.00. The summed E-state index contributed by atoms with van der Waals surface area (Å²) in [7, 11) is 0. The molecule has 2 aromatic rings. The van der Waals surface area contributed by atoms with Crippen LogP contribution in [0.1, 0.15) is 17.2 Å². The van der Waals surface area contributed by atoms with Crippen LogP contribution in [0.5, 0.6) is 0 Å². The molecule has 0 saturated heterocycles. The minimum atomic E-state index is 0. The number of benzene rings is 1. The highest BCUT2D eigenvalue weighted by molar-refractivity contribution is 5.85. The average molecular weight is 232 g/mol. The van der Waals surface area contributed by atoms with Gasteiger partial charge in [0.25, 0.3) is 0 Å². The third kappa shape index (κ3) is 2.71. The standard InChI is InChI=1S/C14H13N.ClH/c1-2-13(12-8-4-3-5-9-12)14-10-6-7-11-15-14;/h2-11,13H,1H2;1H. The molecule has 0 radical (unpaired) electrons. The predicted octanol–water partition coefficient (Wildman–Crippen LogP) is 3.82. The van der Waals surface area contributed by atoms with E-state index in [-0.39, 0.29) is 18.3 Å². The Kier molecular flexibility index (Phi) is 4.74. The van der Waals surface area contributed by atoms with Crippen molar-refractivity contribution >= 4 is 12.4 Å². The molecule has 0 aliphatic rings. The van der Waals surface area contributed by atoms with E-state index in [0.29, 0.717) is 0 Å². The topological polar surface area (TPSA) is 12.9 Å². The summed E-state index contributed by atoms with van der Waals surface area (Å²) in [4.78, 5) is 4.36. The molecule has 1 nitrogen and oxygen atoms in total. The third-order valence-corrected chi connectivity index (χ3v) is 2.40. The van der Waals surface area contributed by atoms with Crippen molar-refractivity contribution in [2.45, 2.75) is 5.92 Å². The SMILES string of the molecule is C=CC(c1ccccc1)c1ccccn1.Cl. The van der Waals surface area contributed by atoms with Gasteiger partial charge in [-0.05, 0) is 17.7 Å². The highest BCUT2D eigenvalue weighted by atomic mass is 35.5. The lowest BCUT2D eigenvalue weighted by atomic mass is 9.95. The average Bonchev–Trinajstić information content (AvgIpc) is 2.33. The maximum Gasteiger partial charge on any atom is 0.0516 e. The maximum atomic E-state index is 4.36. The summed E-state index contributed by atoms with van der Waals surface area (Å²) in [5.74, 6) is 0.187. The van der Waals surface area contributed by atoms with Gasteiger partial charge in [-0.25, -0.2) is 0 Å². The first-order valence-electron chi connectivity index (χ1n) is 5.00. The summed E-state index contributed by atoms with van der Waals surface area (Å²) in [5, 5.41) is 0. The predicted molar refractivity (Wildman–Crippen MR) is 70.0 cm³/mol. The molecule has 0 spiro atoms. The largest absolute Gasteiger partial charge is 0.260 e. The number of pyridine rings is 1. The van der Waals surface area contributed by atoms with Crippen molar-refractivity contribution in [3.63, 3.8) is 0 Å². The Morgan fingerprint density at radius 3 is 2.25 bits per heavy atom. The van der Waals surface area contributed by atoms with E-state index in [1.807, 2.05) is 48.7 Å². The first-order chi connectivity index (χ1) is 7.42. The third-order valence-electron chi connectivity index (χ3n) is 2.40. The van der Waals surface area contributed by atoms with E-state index in [0.717, 1.165) is 5.69 Å². The minimum absolute atomic E-state index is 0. The van der Waals surface area contributed by atoms with Crippen molar-refractivity contribution in [1.82, 2.24) is 4.98 Å². The van der Waals surface area contributed by atoms with Crippen LogP contribution in [0.4, 0.5) is 0 Å². The Hall–Kier alpha value is -1.60. The fourth-order valence-electron chi connectivity index (χ4n) is 1.65. The Morgan fingerprint density at radius 2 is 1.69 bits per heavy atom. The van der Waals surface area contributed by atoms with Crippen molar-refractivity contribution in [1.29, 1.82) is 0 Å². The molecule has 0 saturated carbocycles. The molecule has 1 aromatic carbocycles. The Labute approximate surface area is 102 Å². The van der Waals surface area contributed by atoms with Crippen LogP contribution in [0.25, 0.3) is 0 Å². The van der Waals surface area contributed by atoms with Gasteiger partial charge in [0.2, 0.25) is 0 Å². The number of rotatable bonds is 3. The van der Waals surface area contributed by atoms with E-state index < -0.39 is 0 Å². The van der Waals surface area contributed by atoms with Crippen LogP contribution in [-0.2, 0) is 0 Å². The zero-order valence-electron chi connectivity index (χ0n) is 8.91. The van der Waals surface area contributed by atoms with Crippen LogP contribution in [0, 0.1) is 0 Å². The summed E-state index contributed by atoms with van der Waals surface area (Å²) in [6, 6.07) is 16.2. The van der Waals surface area contributed by atoms with Crippen LogP contribution in [0.15, 0.2) is 67.4 Å². The van der Waals surface area contributed by atoms with Crippen molar-refractivity contribution in [2.24, 2.45) is 0 Å². The molecule has 0 amide bonds. The minimum Gasteiger partial charge on any atom is -0.260 e. The van der Waals surface area contributed by atoms with E-state index in [9.17, 15) is 0 Å². The lowest BCUT2D eigenvalue weighted by Crippen LogP contribution is -1.99. The van der Waals surface area contributed by atoms with Gasteiger partial charge in [0.15, 0.2) is 0 Å². The Bertz CT molecular complexity index is 386. The zero-order chi connectivity index (χ0) is 10.5. The molecule has 0 aliphatic carbocycles. The van der Waals surface area contributed by atoms with Crippen molar-refractivity contribution in [3.8, 4) is 0 Å². The lowest BCUT2D eigenvalue weighted by molar-refractivity contribution is 0.957. The molecule has 16 heavy (non-hydrogen) atoms. The molecule has 2 rings (SSSR count). The first kappa shape index (κ1) is 12.5. The second-order valence-electron chi connectivity index (χ2n) is 3.38. The smallest absolute Gasteiger partial charge is 0.0516 e. The van der Waals surface area contributed by atoms with E-state index in [1.54, 1.807) is 0 Å². The normalized spacial score (nSPS) is 11.2. The number of allylic oxidation sites excluding steroid dienone is 1. The molecule has 0 bridgehead atoms. The molecular formula is C14H14ClN. The number of nitrogens with zero attached hydrogens (tertiary/aromatic N) is 1. The van der Waals surface area contributed by atoms with Crippen molar-refractivity contribution in [2.75, 3.05) is 0 Å². The molecule has 2 heteroatoms. The molecule has 82 valence electrons. The molecule has 0 fully saturated rings. The van der Waals surface area contributed by atoms with Crippen LogP contribution in [0.2, 0.25) is 0 Å². The monoisotopic (exact) mass is 231 g/mol. The molecule has 1 atom stereocenters. The second-order valence-corrected chi connectivity index (χ2v) is 3.38. The van der Waals surface area contributed by atoms with Crippen molar-refractivity contribution in [3.05, 3.63) is 78.6 Å². The van der Waals surface area contributed by atoms with Gasteiger partial charge in [0, 0.05) is 12.1 Å². The molecule has 1 unspecified atom stereocenters. The molecule has 1 heterocycles. The number of hydrogen-bond donors (Lipinski definition) is 0. The second kappa shape index (κ2) is 6.09. The van der Waals surface area contributed by atoms with Gasteiger partial charge < -0.3 is 0 Å². The fourth-order valence-corrected chi connectivity index (χ4v) is 1.65. The molecule has 1 aromatic heterocycles. The maximum absolute atomic E-state index is 4.36. The van der Waals surface area contributed by atoms with Crippen LogP contribution in [-0.4, -0.2) is 4.98 Å². The number of hydrogen-bond acceptors (Lipinski definition) is 1. The van der Waals surface area contributed by atoms with Gasteiger partial charge in [0.1, 0.15) is 0 Å². The van der Waals surface area contributed by atoms with E-state index in [4.69, 9.17) is 0 Å². The quantitative estimate of drug-likeness (QED) is 0.732.